The van der Waals surface area contributed by atoms with Gasteiger partial charge < -0.3 is 14.4 Å². The molecule has 1 aromatic rings. The molecule has 2 saturated heterocycles. The summed E-state index contributed by atoms with van der Waals surface area (Å²) in [5, 5.41) is 0. The van der Waals surface area contributed by atoms with E-state index in [4.69, 9.17) is 9.47 Å². The van der Waals surface area contributed by atoms with Crippen molar-refractivity contribution in [3.05, 3.63) is 35.9 Å². The van der Waals surface area contributed by atoms with Gasteiger partial charge in [-0.3, -0.25) is 4.79 Å². The molecule has 2 fully saturated rings. The number of hydrogen-bond acceptors (Lipinski definition) is 3. The number of methoxy groups -OCH3 is 1. The minimum atomic E-state index is 0.205. The third kappa shape index (κ3) is 3.75. The Labute approximate surface area is 138 Å². The molecular formula is C19H27NO3. The normalized spacial score (nSPS) is 23.3. The summed E-state index contributed by atoms with van der Waals surface area (Å²) in [6.45, 7) is 4.07. The number of hydrogen-bond donors (Lipinski definition) is 0. The molecule has 0 bridgehead atoms. The first-order valence-corrected chi connectivity index (χ1v) is 8.62. The summed E-state index contributed by atoms with van der Waals surface area (Å²) >= 11 is 0. The van der Waals surface area contributed by atoms with Crippen molar-refractivity contribution in [3.63, 3.8) is 0 Å². The second kappa shape index (κ2) is 7.45. The number of rotatable bonds is 5. The quantitative estimate of drug-likeness (QED) is 0.837. The maximum Gasteiger partial charge on any atom is 0.222 e. The van der Waals surface area contributed by atoms with Crippen molar-refractivity contribution in [2.75, 3.05) is 40.0 Å². The Morgan fingerprint density at radius 3 is 2.74 bits per heavy atom. The summed E-state index contributed by atoms with van der Waals surface area (Å²) in [6.07, 6.45) is 3.50. The average molecular weight is 317 g/mol. The molecule has 0 saturated carbocycles. The average Bonchev–Trinajstić information content (AvgIpc) is 2.93. The lowest BCUT2D eigenvalue weighted by atomic mass is 9.72. The van der Waals surface area contributed by atoms with Crippen LogP contribution in [0.4, 0.5) is 0 Å². The molecule has 0 unspecified atom stereocenters. The molecule has 2 aliphatic heterocycles. The van der Waals surface area contributed by atoms with Crippen molar-refractivity contribution in [1.29, 1.82) is 0 Å². The van der Waals surface area contributed by atoms with Gasteiger partial charge in [0, 0.05) is 45.8 Å². The monoisotopic (exact) mass is 317 g/mol. The molecule has 0 N–H and O–H groups in total. The van der Waals surface area contributed by atoms with Gasteiger partial charge in [0.1, 0.15) is 0 Å². The minimum Gasteiger partial charge on any atom is -0.384 e. The van der Waals surface area contributed by atoms with Gasteiger partial charge in [0.15, 0.2) is 0 Å². The third-order valence-electron chi connectivity index (χ3n) is 5.49. The van der Waals surface area contributed by atoms with Crippen molar-refractivity contribution in [2.45, 2.75) is 25.7 Å². The number of amides is 1. The molecule has 3 rings (SSSR count). The first-order chi connectivity index (χ1) is 11.2. The summed E-state index contributed by atoms with van der Waals surface area (Å²) in [4.78, 5) is 14.7. The highest BCUT2D eigenvalue weighted by Crippen LogP contribution is 2.44. The Morgan fingerprint density at radius 2 is 2.04 bits per heavy atom. The summed E-state index contributed by atoms with van der Waals surface area (Å²) in [5.41, 5.74) is 1.44. The summed E-state index contributed by atoms with van der Waals surface area (Å²) in [6, 6.07) is 10.2. The molecule has 23 heavy (non-hydrogen) atoms. The maximum absolute atomic E-state index is 12.6. The molecule has 1 aromatic carbocycles. The van der Waals surface area contributed by atoms with E-state index in [-0.39, 0.29) is 11.3 Å². The summed E-state index contributed by atoms with van der Waals surface area (Å²) in [7, 11) is 1.76. The van der Waals surface area contributed by atoms with Crippen LogP contribution in [0.2, 0.25) is 0 Å². The van der Waals surface area contributed by atoms with Crippen LogP contribution in [-0.2, 0) is 20.7 Å². The van der Waals surface area contributed by atoms with Crippen molar-refractivity contribution >= 4 is 5.91 Å². The molecule has 126 valence electrons. The second-order valence-corrected chi connectivity index (χ2v) is 6.89. The van der Waals surface area contributed by atoms with Crippen molar-refractivity contribution in [3.8, 4) is 0 Å². The number of carbonyl (C=O) groups excluding carboxylic acids is 1. The smallest absolute Gasteiger partial charge is 0.222 e. The summed E-state index contributed by atoms with van der Waals surface area (Å²) in [5.74, 6) is 0.718. The Bertz CT molecular complexity index is 511. The van der Waals surface area contributed by atoms with Gasteiger partial charge in [-0.25, -0.2) is 0 Å². The predicted octanol–water partition coefficient (Wildman–Crippen LogP) is 2.52. The number of carbonyl (C=O) groups is 1. The van der Waals surface area contributed by atoms with E-state index < -0.39 is 0 Å². The molecule has 1 atom stereocenters. The topological polar surface area (TPSA) is 38.8 Å². The minimum absolute atomic E-state index is 0.205. The standard InChI is InChI=1S/C19H27NO3/c1-22-14-17-13-20(15-19(17)9-11-23-12-10-19)18(21)8-7-16-5-3-2-4-6-16/h2-6,17H,7-15H2,1H3/t17-/m0/s1. The summed E-state index contributed by atoms with van der Waals surface area (Å²) < 4.78 is 11.0. The van der Waals surface area contributed by atoms with E-state index >= 15 is 0 Å². The van der Waals surface area contributed by atoms with E-state index in [1.54, 1.807) is 7.11 Å². The van der Waals surface area contributed by atoms with E-state index in [1.807, 2.05) is 18.2 Å². The lowest BCUT2D eigenvalue weighted by Gasteiger charge is -2.37. The van der Waals surface area contributed by atoms with Crippen LogP contribution in [0.5, 0.6) is 0 Å². The van der Waals surface area contributed by atoms with Crippen molar-refractivity contribution in [1.82, 2.24) is 4.90 Å². The van der Waals surface area contributed by atoms with E-state index in [9.17, 15) is 4.79 Å². The number of ether oxygens (including phenoxy) is 2. The van der Waals surface area contributed by atoms with E-state index in [0.29, 0.717) is 12.3 Å². The van der Waals surface area contributed by atoms with Crippen molar-refractivity contribution < 1.29 is 14.3 Å². The van der Waals surface area contributed by atoms with Gasteiger partial charge in [-0.05, 0) is 30.2 Å². The lowest BCUT2D eigenvalue weighted by molar-refractivity contribution is -0.130. The Balaban J connectivity index is 1.60. The van der Waals surface area contributed by atoms with Gasteiger partial charge in [0.2, 0.25) is 5.91 Å². The largest absolute Gasteiger partial charge is 0.384 e. The van der Waals surface area contributed by atoms with Crippen LogP contribution in [0.3, 0.4) is 0 Å². The molecule has 0 radical (unpaired) electrons. The highest BCUT2D eigenvalue weighted by molar-refractivity contribution is 5.77. The Kier molecular flexibility index (Phi) is 5.34. The van der Waals surface area contributed by atoms with Gasteiger partial charge in [-0.2, -0.15) is 0 Å². The zero-order chi connectivity index (χ0) is 16.1. The van der Waals surface area contributed by atoms with Gasteiger partial charge >= 0.3 is 0 Å². The van der Waals surface area contributed by atoms with Gasteiger partial charge in [-0.1, -0.05) is 30.3 Å². The maximum atomic E-state index is 12.6. The van der Waals surface area contributed by atoms with E-state index in [2.05, 4.69) is 17.0 Å². The fourth-order valence-corrected chi connectivity index (χ4v) is 4.05. The zero-order valence-electron chi connectivity index (χ0n) is 14.0. The number of nitrogens with zero attached hydrogens (tertiary/aromatic N) is 1. The van der Waals surface area contributed by atoms with Crippen LogP contribution < -0.4 is 0 Å². The van der Waals surface area contributed by atoms with Gasteiger partial charge in [-0.15, -0.1) is 0 Å². The Hall–Kier alpha value is -1.39. The lowest BCUT2D eigenvalue weighted by Crippen LogP contribution is -2.39. The molecular weight excluding hydrogens is 290 g/mol. The van der Waals surface area contributed by atoms with Crippen LogP contribution in [0.25, 0.3) is 0 Å². The highest BCUT2D eigenvalue weighted by atomic mass is 16.5. The van der Waals surface area contributed by atoms with Crippen LogP contribution in [-0.4, -0.2) is 50.8 Å². The molecule has 4 nitrogen and oxygen atoms in total. The Morgan fingerprint density at radius 1 is 1.30 bits per heavy atom. The molecule has 4 heteroatoms. The van der Waals surface area contributed by atoms with E-state index in [1.165, 1.54) is 5.56 Å². The van der Waals surface area contributed by atoms with Crippen LogP contribution in [0.15, 0.2) is 30.3 Å². The van der Waals surface area contributed by atoms with Crippen molar-refractivity contribution in [2.24, 2.45) is 11.3 Å². The molecule has 2 heterocycles. The predicted molar refractivity (Wildman–Crippen MR) is 89.2 cm³/mol. The first kappa shape index (κ1) is 16.5. The van der Waals surface area contributed by atoms with Gasteiger partial charge in [0.25, 0.3) is 0 Å². The van der Waals surface area contributed by atoms with E-state index in [0.717, 1.165) is 52.2 Å². The SMILES string of the molecule is COC[C@@H]1CN(C(=O)CCc2ccccc2)CC12CCOCC2. The first-order valence-electron chi connectivity index (χ1n) is 8.62. The highest BCUT2D eigenvalue weighted by Gasteiger charge is 2.48. The number of aryl methyl sites for hydroxylation is 1. The molecule has 1 amide bonds. The number of benzene rings is 1. The zero-order valence-corrected chi connectivity index (χ0v) is 14.0. The molecule has 0 aliphatic carbocycles. The fraction of sp³-hybridized carbons (Fsp3) is 0.632. The fourth-order valence-electron chi connectivity index (χ4n) is 4.05. The molecule has 1 spiro atoms. The van der Waals surface area contributed by atoms with Gasteiger partial charge in [0.05, 0.1) is 6.61 Å². The third-order valence-corrected chi connectivity index (χ3v) is 5.49. The number of likely N-dealkylation sites (tertiary alicyclic amines) is 1. The van der Waals surface area contributed by atoms with Crippen LogP contribution in [0, 0.1) is 11.3 Å². The van der Waals surface area contributed by atoms with Crippen LogP contribution >= 0.6 is 0 Å². The molecule has 2 aliphatic rings. The molecule has 0 aromatic heterocycles. The second-order valence-electron chi connectivity index (χ2n) is 6.89. The van der Waals surface area contributed by atoms with Crippen LogP contribution in [0.1, 0.15) is 24.8 Å².